The van der Waals surface area contributed by atoms with E-state index in [0.717, 1.165) is 43.4 Å². The minimum atomic E-state index is -4.51. The number of alkyl halides is 3. The third-order valence-corrected chi connectivity index (χ3v) is 24.1. The average molecular weight is 1510 g/mol. The van der Waals surface area contributed by atoms with Crippen molar-refractivity contribution in [2.75, 3.05) is 96.3 Å². The van der Waals surface area contributed by atoms with E-state index >= 15 is 38.4 Å². The van der Waals surface area contributed by atoms with Gasteiger partial charge in [-0.1, -0.05) is 99.1 Å². The Labute approximate surface area is 632 Å². The van der Waals surface area contributed by atoms with Crippen LogP contribution in [0.3, 0.4) is 0 Å². The van der Waals surface area contributed by atoms with Crippen molar-refractivity contribution < 1.29 is 80.2 Å². The molecule has 3 aliphatic heterocycles. The van der Waals surface area contributed by atoms with E-state index in [-0.39, 0.29) is 114 Å². The normalized spacial score (nSPS) is 31.8. The molecule has 1 spiro atoms. The number of rotatable bonds is 14. The highest BCUT2D eigenvalue weighted by Gasteiger charge is 2.59. The maximum absolute atomic E-state index is 15.8. The van der Waals surface area contributed by atoms with Crippen molar-refractivity contribution >= 4 is 70.9 Å². The van der Waals surface area contributed by atoms with E-state index in [9.17, 15) is 32.3 Å². The Morgan fingerprint density at radius 2 is 1.31 bits per heavy atom. The minimum absolute atomic E-state index is 0.00657. The molecule has 3 N–H and O–H groups in total. The van der Waals surface area contributed by atoms with E-state index in [0.29, 0.717) is 31.6 Å². The molecule has 4 aliphatic carbocycles. The molecule has 29 heteroatoms. The Bertz CT molecular complexity index is 3190. The van der Waals surface area contributed by atoms with Crippen LogP contribution in [-0.2, 0) is 67.0 Å². The van der Waals surface area contributed by atoms with Crippen molar-refractivity contribution in [1.82, 2.24) is 60.0 Å². The third kappa shape index (κ3) is 21.8. The second-order valence-electron chi connectivity index (χ2n) is 34.1. The van der Waals surface area contributed by atoms with Crippen LogP contribution in [0.4, 0.5) is 13.2 Å². The topological polar surface area (TPSA) is 289 Å². The maximum atomic E-state index is 15.8. The number of fused-ring (bicyclic) bond motifs is 3. The summed E-state index contributed by atoms with van der Waals surface area (Å²) in [4.78, 5) is 194. The maximum Gasteiger partial charge on any atom is 0.394 e. The van der Waals surface area contributed by atoms with Crippen molar-refractivity contribution in [3.05, 3.63) is 12.2 Å². The second kappa shape index (κ2) is 37.7. The van der Waals surface area contributed by atoms with Crippen LogP contribution < -0.4 is 16.0 Å². The molecule has 26 nitrogen and oxygen atoms in total. The molecule has 7 rings (SSSR count). The van der Waals surface area contributed by atoms with Gasteiger partial charge in [0.1, 0.15) is 53.9 Å². The van der Waals surface area contributed by atoms with Gasteiger partial charge < -0.3 is 69.5 Å². The van der Waals surface area contributed by atoms with Gasteiger partial charge >= 0.3 is 6.18 Å². The highest BCUT2D eigenvalue weighted by atomic mass is 19.4. The molecule has 2 bridgehead atoms. The Hall–Kier alpha value is -6.91. The molecule has 0 aromatic carbocycles. The number of likely N-dealkylation sites (N-methyl/N-ethyl adjacent to an activating group) is 7. The predicted molar refractivity (Wildman–Crippen MR) is 395 cm³/mol. The lowest BCUT2D eigenvalue weighted by atomic mass is 9.58. The zero-order chi connectivity index (χ0) is 79.5. The smallest absolute Gasteiger partial charge is 0.381 e. The molecule has 13 atom stereocenters. The second-order valence-corrected chi connectivity index (χ2v) is 34.1. The van der Waals surface area contributed by atoms with Gasteiger partial charge in [0.25, 0.3) is 0 Å². The van der Waals surface area contributed by atoms with E-state index in [1.165, 1.54) is 103 Å². The van der Waals surface area contributed by atoms with Crippen molar-refractivity contribution in [2.45, 2.75) is 269 Å². The van der Waals surface area contributed by atoms with Gasteiger partial charge in [-0.3, -0.25) is 57.5 Å². The van der Waals surface area contributed by atoms with Crippen LogP contribution in [0.2, 0.25) is 0 Å². The summed E-state index contributed by atoms with van der Waals surface area (Å²) >= 11 is 0. The van der Waals surface area contributed by atoms with Crippen LogP contribution in [0.25, 0.3) is 0 Å². The highest BCUT2D eigenvalue weighted by Crippen LogP contribution is 2.50. The van der Waals surface area contributed by atoms with Crippen LogP contribution in [0.1, 0.15) is 197 Å². The summed E-state index contributed by atoms with van der Waals surface area (Å²) in [5.74, 6) is -10.5. The summed E-state index contributed by atoms with van der Waals surface area (Å²) in [6.07, 6.45) is 3.89. The number of carbonyl (C=O) groups is 12. The molecule has 7 aliphatic rings. The Morgan fingerprint density at radius 3 is 1.91 bits per heavy atom. The van der Waals surface area contributed by atoms with Crippen LogP contribution in [0.15, 0.2) is 12.2 Å². The van der Waals surface area contributed by atoms with E-state index in [1.807, 2.05) is 47.6 Å². The number of carbonyl (C=O) groups excluding carboxylic acids is 12. The zero-order valence-electron chi connectivity index (χ0n) is 66.9. The SMILES string of the molecule is CCCO[C@H](C)[C@@H]1NC(=O)[C@H](CC(C)C)N(C)C(=O)C[C@@H](C(=O)N(C)C)N(C)C(=O)[C@H](C2CCCC2)N(C)C(=O)C2(CC(C)(C)C2)NC(=O)[C@@H]2C[C@H](C)CN2C(=O)[C@H](CCC2CCC(C(F)(F)F)C(OC)C2)NC(=O)CN(C)C(=O)[C@H](CC2CCC(C)CC2)N2CC/C=C\C[C@@H](C2=O)N(C)C(=O)CN(C)C1=O. The molecule has 0 radical (unpaired) electrons. The van der Waals surface area contributed by atoms with Gasteiger partial charge in [0.15, 0.2) is 0 Å². The molecule has 0 aromatic heterocycles. The molecular weight excluding hydrogens is 1390 g/mol. The first-order chi connectivity index (χ1) is 50.1. The lowest BCUT2D eigenvalue weighted by Crippen LogP contribution is -2.71. The first-order valence-corrected chi connectivity index (χ1v) is 39.3. The average Bonchev–Trinajstić information content (AvgIpc) is 1.29. The lowest BCUT2D eigenvalue weighted by Gasteiger charge is -2.54. The van der Waals surface area contributed by atoms with Crippen LogP contribution in [0.5, 0.6) is 0 Å². The minimum Gasteiger partial charge on any atom is -0.381 e. The largest absolute Gasteiger partial charge is 0.394 e. The standard InChI is InChI=1S/C78H127F3N12O14/c1-18-36-107-50(6)65-73(103)87(12)44-64(96)88(13)56-26-20-19-23-35-92(72(56)102)60(39-51-29-27-48(4)28-30-51)71(101)86(11)43-62(94)82-55(34-32-52-31-33-54(78(79,80)81)61(40-52)106-17)69(99)93-42-49(5)38-58(93)68(98)84-77(45-76(7,8)46-77)75(105)91(16)66(53-24-21-22-25-53)74(104)90(15)59(70(100)85(9)10)41-63(95)89(14)57(37-47(2)3)67(97)83-65/h19-20,47-61,65-66H,18,21-46H2,1-17H3,(H,82,94)(H,83,97)(H,84,98)/b20-19-/t48?,49-,50+,51?,52?,54?,55-,56-,57-,58-,59-,60-,61?,65-,66-/m0/s1. The molecular formula is C78H127F3N12O14. The summed E-state index contributed by atoms with van der Waals surface area (Å²) in [5.41, 5.74) is -2.12. The van der Waals surface area contributed by atoms with Gasteiger partial charge in [0, 0.05) is 83.2 Å². The number of hydrogen-bond acceptors (Lipinski definition) is 14. The molecule has 4 saturated carbocycles. The Kier molecular flexibility index (Phi) is 30.7. The fraction of sp³-hybridized carbons (Fsp3) is 0.821. The van der Waals surface area contributed by atoms with Crippen molar-refractivity contribution in [3.63, 3.8) is 0 Å². The van der Waals surface area contributed by atoms with Crippen molar-refractivity contribution in [1.29, 1.82) is 0 Å². The highest BCUT2D eigenvalue weighted by molar-refractivity contribution is 6.01. The van der Waals surface area contributed by atoms with Crippen molar-refractivity contribution in [3.8, 4) is 0 Å². The van der Waals surface area contributed by atoms with Gasteiger partial charge in [-0.15, -0.1) is 0 Å². The summed E-state index contributed by atoms with van der Waals surface area (Å²) in [6, 6.07) is -10.2. The zero-order valence-corrected chi connectivity index (χ0v) is 66.9. The van der Waals surface area contributed by atoms with Crippen LogP contribution in [-0.4, -0.2) is 284 Å². The van der Waals surface area contributed by atoms with Crippen LogP contribution >= 0.6 is 0 Å². The molecule has 0 aromatic rings. The number of nitrogens with one attached hydrogen (secondary N) is 3. The van der Waals surface area contributed by atoms with E-state index < -0.39 is 180 Å². The Morgan fingerprint density at radius 1 is 0.673 bits per heavy atom. The molecule has 107 heavy (non-hydrogen) atoms. The fourth-order valence-electron chi connectivity index (χ4n) is 18.0. The molecule has 3 unspecified atom stereocenters. The molecule has 3 heterocycles. The van der Waals surface area contributed by atoms with Gasteiger partial charge in [-0.05, 0) is 144 Å². The lowest BCUT2D eigenvalue weighted by molar-refractivity contribution is -0.215. The van der Waals surface area contributed by atoms with Gasteiger partial charge in [-0.2, -0.15) is 13.2 Å². The molecule has 2 saturated heterocycles. The molecule has 6 fully saturated rings. The number of ether oxygens (including phenoxy) is 2. The number of amides is 12. The van der Waals surface area contributed by atoms with E-state index in [1.54, 1.807) is 13.0 Å². The van der Waals surface area contributed by atoms with E-state index in [4.69, 9.17) is 9.47 Å². The van der Waals surface area contributed by atoms with Gasteiger partial charge in [-0.25, -0.2) is 0 Å². The Balaban J connectivity index is 1.33. The molecule has 604 valence electrons. The first-order valence-electron chi connectivity index (χ1n) is 39.3. The predicted octanol–water partition coefficient (Wildman–Crippen LogP) is 6.17. The van der Waals surface area contributed by atoms with Crippen molar-refractivity contribution in [2.24, 2.45) is 46.8 Å². The fourth-order valence-corrected chi connectivity index (χ4v) is 18.0. The quantitative estimate of drug-likeness (QED) is 0.164. The van der Waals surface area contributed by atoms with Gasteiger partial charge in [0.05, 0.1) is 37.6 Å². The third-order valence-electron chi connectivity index (χ3n) is 24.1. The number of halogens is 3. The first kappa shape index (κ1) is 87.3. The summed E-state index contributed by atoms with van der Waals surface area (Å²) < 4.78 is 54.5. The molecule has 12 amide bonds. The number of methoxy groups -OCH3 is 1. The summed E-state index contributed by atoms with van der Waals surface area (Å²) in [5, 5.41) is 8.86. The number of hydrogen-bond donors (Lipinski definition) is 3. The van der Waals surface area contributed by atoms with Gasteiger partial charge in [0.2, 0.25) is 70.9 Å². The number of nitrogens with zero attached hydrogens (tertiary/aromatic N) is 9. The monoisotopic (exact) mass is 1510 g/mol. The summed E-state index contributed by atoms with van der Waals surface area (Å²) in [7, 11) is 12.8. The van der Waals surface area contributed by atoms with Crippen LogP contribution in [0, 0.1) is 46.8 Å². The van der Waals surface area contributed by atoms with E-state index in [2.05, 4.69) is 22.9 Å². The summed E-state index contributed by atoms with van der Waals surface area (Å²) in [6.45, 7) is 14.2.